The summed E-state index contributed by atoms with van der Waals surface area (Å²) in [6.07, 6.45) is 0. The van der Waals surface area contributed by atoms with Gasteiger partial charge in [0.25, 0.3) is 9.05 Å². The molecule has 114 valence electrons. The van der Waals surface area contributed by atoms with E-state index in [0.29, 0.717) is 12.1 Å². The van der Waals surface area contributed by atoms with Crippen molar-refractivity contribution in [2.75, 3.05) is 12.4 Å². The number of alkyl halides is 3. The second kappa shape index (κ2) is 6.35. The van der Waals surface area contributed by atoms with Crippen LogP contribution in [0, 0.1) is 11.6 Å². The molecule has 0 aliphatic carbocycles. The van der Waals surface area contributed by atoms with Crippen LogP contribution >= 0.6 is 22.4 Å². The Balaban J connectivity index is 2.78. The van der Waals surface area contributed by atoms with Crippen LogP contribution in [0.2, 0.25) is 0 Å². The first-order valence-electron chi connectivity index (χ1n) is 4.78. The maximum absolute atomic E-state index is 13.4. The largest absolute Gasteiger partial charge is 0.487 e. The average molecular weight is 357 g/mol. The van der Waals surface area contributed by atoms with Crippen molar-refractivity contribution in [1.29, 1.82) is 0 Å². The molecule has 3 nitrogen and oxygen atoms in total. The molecule has 0 amide bonds. The fourth-order valence-corrected chi connectivity index (χ4v) is 2.27. The lowest BCUT2D eigenvalue weighted by atomic mass is 10.3. The van der Waals surface area contributed by atoms with E-state index in [1.807, 2.05) is 0 Å². The summed E-state index contributed by atoms with van der Waals surface area (Å²) in [5, 5.41) is 0. The van der Waals surface area contributed by atoms with Gasteiger partial charge >= 0.3 is 5.51 Å². The molecule has 0 radical (unpaired) electrons. The number of halogens is 6. The number of thioether (sulfide) groups is 1. The molecule has 1 aromatic rings. The van der Waals surface area contributed by atoms with Crippen molar-refractivity contribution in [1.82, 2.24) is 0 Å². The first-order valence-corrected chi connectivity index (χ1v) is 8.07. The first kappa shape index (κ1) is 17.3. The Kier molecular flexibility index (Phi) is 5.50. The van der Waals surface area contributed by atoms with Crippen molar-refractivity contribution >= 4 is 31.5 Å². The lowest BCUT2D eigenvalue weighted by molar-refractivity contribution is -0.0329. The standard InChI is InChI=1S/C9H6ClF5O3S2/c10-20(16,17)5-3-6(11)8(7(12)4-5)18-1-2-19-9(13,14)15/h3-4H,1-2H2. The second-order valence-electron chi connectivity index (χ2n) is 3.30. The molecule has 0 aromatic heterocycles. The summed E-state index contributed by atoms with van der Waals surface area (Å²) in [6, 6.07) is 0.829. The minimum atomic E-state index is -4.48. The van der Waals surface area contributed by atoms with Crippen LogP contribution in [0.15, 0.2) is 17.0 Å². The minimum absolute atomic E-state index is 0.414. The minimum Gasteiger partial charge on any atom is -0.487 e. The predicted octanol–water partition coefficient (Wildman–Crippen LogP) is 3.52. The van der Waals surface area contributed by atoms with Crippen LogP contribution in [0.25, 0.3) is 0 Å². The third-order valence-electron chi connectivity index (χ3n) is 1.85. The topological polar surface area (TPSA) is 43.4 Å². The summed E-state index contributed by atoms with van der Waals surface area (Å²) < 4.78 is 88.5. The smallest absolute Gasteiger partial charge is 0.441 e. The van der Waals surface area contributed by atoms with Gasteiger partial charge in [0, 0.05) is 16.4 Å². The molecule has 1 rings (SSSR count). The zero-order chi connectivity index (χ0) is 15.6. The summed E-state index contributed by atoms with van der Waals surface area (Å²) in [4.78, 5) is -0.814. The summed E-state index contributed by atoms with van der Waals surface area (Å²) in [6.45, 7) is -0.606. The SMILES string of the molecule is O=S(=O)(Cl)c1cc(F)c(OCCSC(F)(F)F)c(F)c1. The summed E-state index contributed by atoms with van der Waals surface area (Å²) in [5.74, 6) is -4.28. The average Bonchev–Trinajstić information content (AvgIpc) is 2.23. The molecule has 0 N–H and O–H groups in total. The van der Waals surface area contributed by atoms with Crippen molar-refractivity contribution in [3.05, 3.63) is 23.8 Å². The number of ether oxygens (including phenoxy) is 1. The molecule has 0 aliphatic heterocycles. The van der Waals surface area contributed by atoms with Crippen LogP contribution in [0.5, 0.6) is 5.75 Å². The predicted molar refractivity (Wildman–Crippen MR) is 63.4 cm³/mol. The molecule has 0 saturated carbocycles. The van der Waals surface area contributed by atoms with E-state index in [1.165, 1.54) is 0 Å². The number of rotatable bonds is 5. The van der Waals surface area contributed by atoms with Gasteiger partial charge in [-0.1, -0.05) is 0 Å². The van der Waals surface area contributed by atoms with E-state index in [9.17, 15) is 30.4 Å². The molecular formula is C9H6ClF5O3S2. The number of benzene rings is 1. The fourth-order valence-electron chi connectivity index (χ4n) is 1.12. The van der Waals surface area contributed by atoms with Crippen molar-refractivity contribution < 1.29 is 35.1 Å². The Morgan fingerprint density at radius 3 is 2.10 bits per heavy atom. The monoisotopic (exact) mass is 356 g/mol. The van der Waals surface area contributed by atoms with Gasteiger partial charge in [0.15, 0.2) is 17.4 Å². The summed E-state index contributed by atoms with van der Waals surface area (Å²) >= 11 is -0.415. The highest BCUT2D eigenvalue weighted by Gasteiger charge is 2.27. The zero-order valence-corrected chi connectivity index (χ0v) is 11.8. The van der Waals surface area contributed by atoms with Gasteiger partial charge in [-0.3, -0.25) is 0 Å². The number of hydrogen-bond acceptors (Lipinski definition) is 4. The molecule has 0 unspecified atom stereocenters. The Morgan fingerprint density at radius 1 is 1.20 bits per heavy atom. The molecule has 1 aromatic carbocycles. The quantitative estimate of drug-likeness (QED) is 0.460. The van der Waals surface area contributed by atoms with Crippen LogP contribution in [-0.2, 0) is 9.05 Å². The van der Waals surface area contributed by atoms with E-state index in [0.717, 1.165) is 0 Å². The Hall–Kier alpha value is -0.740. The molecule has 11 heteroatoms. The first-order chi connectivity index (χ1) is 9.00. The van der Waals surface area contributed by atoms with Crippen LogP contribution < -0.4 is 4.74 Å². The molecule has 0 atom stereocenters. The highest BCUT2D eigenvalue weighted by molar-refractivity contribution is 8.13. The van der Waals surface area contributed by atoms with E-state index in [2.05, 4.69) is 4.74 Å². The lowest BCUT2D eigenvalue weighted by Gasteiger charge is -2.10. The van der Waals surface area contributed by atoms with E-state index in [-0.39, 0.29) is 0 Å². The van der Waals surface area contributed by atoms with Crippen LogP contribution in [0.3, 0.4) is 0 Å². The third kappa shape index (κ3) is 5.33. The van der Waals surface area contributed by atoms with Crippen molar-refractivity contribution in [2.24, 2.45) is 0 Å². The Bertz CT molecular complexity index is 565. The zero-order valence-electron chi connectivity index (χ0n) is 9.38. The third-order valence-corrected chi connectivity index (χ3v) is 3.88. The van der Waals surface area contributed by atoms with E-state index >= 15 is 0 Å². The van der Waals surface area contributed by atoms with E-state index in [4.69, 9.17) is 10.7 Å². The summed E-state index contributed by atoms with van der Waals surface area (Å²) in [7, 11) is 0.576. The van der Waals surface area contributed by atoms with Crippen LogP contribution in [0.4, 0.5) is 22.0 Å². The summed E-state index contributed by atoms with van der Waals surface area (Å²) in [5.41, 5.74) is -4.48. The molecule has 0 aliphatic rings. The lowest BCUT2D eigenvalue weighted by Crippen LogP contribution is -2.09. The Morgan fingerprint density at radius 2 is 1.70 bits per heavy atom. The maximum atomic E-state index is 13.4. The van der Waals surface area contributed by atoms with Crippen molar-refractivity contribution in [3.8, 4) is 5.75 Å². The molecular weight excluding hydrogens is 351 g/mol. The molecule has 0 spiro atoms. The van der Waals surface area contributed by atoms with Gasteiger partial charge < -0.3 is 4.74 Å². The highest BCUT2D eigenvalue weighted by atomic mass is 35.7. The molecule has 0 heterocycles. The fraction of sp³-hybridized carbons (Fsp3) is 0.333. The van der Waals surface area contributed by atoms with Crippen LogP contribution in [0.1, 0.15) is 0 Å². The van der Waals surface area contributed by atoms with Crippen molar-refractivity contribution in [2.45, 2.75) is 10.4 Å². The van der Waals surface area contributed by atoms with Gasteiger partial charge in [-0.05, 0) is 23.9 Å². The normalized spacial score (nSPS) is 12.5. The highest BCUT2D eigenvalue weighted by Crippen LogP contribution is 2.31. The van der Waals surface area contributed by atoms with Gasteiger partial charge in [0.05, 0.1) is 11.5 Å². The van der Waals surface area contributed by atoms with E-state index in [1.54, 1.807) is 0 Å². The second-order valence-corrected chi connectivity index (χ2v) is 7.02. The number of hydrogen-bond donors (Lipinski definition) is 0. The van der Waals surface area contributed by atoms with Gasteiger partial charge in [-0.2, -0.15) is 13.2 Å². The molecule has 0 fully saturated rings. The maximum Gasteiger partial charge on any atom is 0.441 e. The molecule has 0 saturated heterocycles. The molecule has 20 heavy (non-hydrogen) atoms. The van der Waals surface area contributed by atoms with Gasteiger partial charge in [0.2, 0.25) is 0 Å². The molecule has 0 bridgehead atoms. The van der Waals surface area contributed by atoms with Crippen molar-refractivity contribution in [3.63, 3.8) is 0 Å². The Labute approximate surface area is 119 Å². The van der Waals surface area contributed by atoms with Crippen LogP contribution in [-0.4, -0.2) is 26.3 Å². The van der Waals surface area contributed by atoms with Gasteiger partial charge in [-0.15, -0.1) is 0 Å². The van der Waals surface area contributed by atoms with Gasteiger partial charge in [0.1, 0.15) is 0 Å². The van der Waals surface area contributed by atoms with E-state index < -0.39 is 61.0 Å². The van der Waals surface area contributed by atoms with Gasteiger partial charge in [-0.25, -0.2) is 17.2 Å².